The van der Waals surface area contributed by atoms with Gasteiger partial charge in [0.2, 0.25) is 0 Å². The number of phenols is 1. The molecule has 0 heterocycles. The summed E-state index contributed by atoms with van der Waals surface area (Å²) in [5.74, 6) is 0.146. The molecule has 26 heavy (non-hydrogen) atoms. The van der Waals surface area contributed by atoms with Crippen LogP contribution >= 0.6 is 0 Å². The Balaban J connectivity index is 2.19. The maximum Gasteiger partial charge on any atom is 0.133 e. The first-order valence-corrected chi connectivity index (χ1v) is 8.22. The van der Waals surface area contributed by atoms with Gasteiger partial charge in [-0.15, -0.1) is 0 Å². The molecular weight excluding hydrogens is 320 g/mol. The van der Waals surface area contributed by atoms with Crippen LogP contribution in [0.25, 0.3) is 11.6 Å². The highest BCUT2D eigenvalue weighted by atomic mass is 16.3. The van der Waals surface area contributed by atoms with Gasteiger partial charge in [-0.05, 0) is 46.0 Å². The summed E-state index contributed by atoms with van der Waals surface area (Å²) in [5, 5.41) is 29.8. The minimum absolute atomic E-state index is 0.146. The summed E-state index contributed by atoms with van der Waals surface area (Å²) >= 11 is 0. The monoisotopic (exact) mass is 334 g/mol. The van der Waals surface area contributed by atoms with Gasteiger partial charge in [-0.3, -0.25) is 0 Å². The summed E-state index contributed by atoms with van der Waals surface area (Å²) in [6, 6.07) is 26.7. The van der Waals surface area contributed by atoms with E-state index in [4.69, 9.17) is 0 Å². The fourth-order valence-electron chi connectivity index (χ4n) is 3.69. The van der Waals surface area contributed by atoms with E-state index < -0.39 is 5.41 Å². The molecule has 3 aromatic rings. The molecule has 3 nitrogen and oxygen atoms in total. The van der Waals surface area contributed by atoms with Gasteiger partial charge in [0.25, 0.3) is 0 Å². The Labute approximate surface area is 151 Å². The van der Waals surface area contributed by atoms with Crippen molar-refractivity contribution in [3.8, 4) is 17.9 Å². The normalized spacial score (nSPS) is 17.7. The lowest BCUT2D eigenvalue weighted by Gasteiger charge is -2.30. The van der Waals surface area contributed by atoms with Gasteiger partial charge in [-0.1, -0.05) is 60.7 Å². The summed E-state index contributed by atoms with van der Waals surface area (Å²) < 4.78 is 0. The number of benzene rings is 3. The van der Waals surface area contributed by atoms with E-state index in [2.05, 4.69) is 12.1 Å². The minimum atomic E-state index is -1.07. The lowest BCUT2D eigenvalue weighted by molar-refractivity contribution is 0.475. The van der Waals surface area contributed by atoms with Gasteiger partial charge in [0.15, 0.2) is 0 Å². The molecule has 0 saturated carbocycles. The number of hydrogen-bond acceptors (Lipinski definition) is 3. The minimum Gasteiger partial charge on any atom is -0.508 e. The van der Waals surface area contributed by atoms with Crippen LogP contribution in [0.5, 0.6) is 5.75 Å². The van der Waals surface area contributed by atoms with Crippen molar-refractivity contribution in [2.45, 2.75) is 5.41 Å². The smallest absolute Gasteiger partial charge is 0.133 e. The third-order valence-electron chi connectivity index (χ3n) is 4.87. The van der Waals surface area contributed by atoms with E-state index in [9.17, 15) is 15.6 Å². The van der Waals surface area contributed by atoms with Crippen molar-refractivity contribution in [1.82, 2.24) is 0 Å². The number of rotatable bonds is 1. The van der Waals surface area contributed by atoms with E-state index in [-0.39, 0.29) is 5.75 Å². The lowest BCUT2D eigenvalue weighted by atomic mass is 9.68. The number of nitrogens with zero attached hydrogens (tertiary/aromatic N) is 2. The molecule has 0 radical (unpaired) electrons. The van der Waals surface area contributed by atoms with Gasteiger partial charge >= 0.3 is 0 Å². The second-order valence-corrected chi connectivity index (χ2v) is 6.21. The van der Waals surface area contributed by atoms with Crippen LogP contribution in [0.2, 0.25) is 0 Å². The summed E-state index contributed by atoms with van der Waals surface area (Å²) in [6.07, 6.45) is 1.84. The Kier molecular flexibility index (Phi) is 3.57. The fourth-order valence-corrected chi connectivity index (χ4v) is 3.69. The molecule has 0 fully saturated rings. The number of allylic oxidation sites excluding steroid dienone is 1. The molecule has 0 bridgehead atoms. The van der Waals surface area contributed by atoms with Crippen molar-refractivity contribution in [1.29, 1.82) is 10.5 Å². The van der Waals surface area contributed by atoms with E-state index >= 15 is 0 Å². The second kappa shape index (κ2) is 5.92. The largest absolute Gasteiger partial charge is 0.508 e. The van der Waals surface area contributed by atoms with Gasteiger partial charge in [0.1, 0.15) is 11.2 Å². The Morgan fingerprint density at radius 3 is 2.12 bits per heavy atom. The van der Waals surface area contributed by atoms with E-state index in [0.29, 0.717) is 5.57 Å². The standard InChI is InChI=1S/C23H14N2O/c24-14-17-13-16-5-1-3-7-21(16)23(15-25,18-9-11-19(26)12-10-18)22-8-4-2-6-20(17)22/h1-13,26H. The number of fused-ring (bicyclic) bond motifs is 2. The van der Waals surface area contributed by atoms with Crippen molar-refractivity contribution in [2.75, 3.05) is 0 Å². The Morgan fingerprint density at radius 2 is 1.42 bits per heavy atom. The molecule has 1 atom stereocenters. The quantitative estimate of drug-likeness (QED) is 0.705. The molecule has 1 N–H and O–H groups in total. The van der Waals surface area contributed by atoms with Gasteiger partial charge in [-0.2, -0.15) is 10.5 Å². The van der Waals surface area contributed by atoms with Crippen LogP contribution in [0, 0.1) is 22.7 Å². The first-order chi connectivity index (χ1) is 12.7. The van der Waals surface area contributed by atoms with Gasteiger partial charge in [-0.25, -0.2) is 0 Å². The van der Waals surface area contributed by atoms with Crippen LogP contribution in [-0.2, 0) is 5.41 Å². The molecule has 0 saturated heterocycles. The molecule has 0 aliphatic heterocycles. The lowest BCUT2D eigenvalue weighted by Crippen LogP contribution is -2.29. The predicted molar refractivity (Wildman–Crippen MR) is 100.0 cm³/mol. The van der Waals surface area contributed by atoms with Crippen LogP contribution in [0.15, 0.2) is 72.8 Å². The number of aromatic hydroxyl groups is 1. The van der Waals surface area contributed by atoms with Crippen LogP contribution in [0.4, 0.5) is 0 Å². The first-order valence-electron chi connectivity index (χ1n) is 8.22. The molecule has 3 heteroatoms. The maximum absolute atomic E-state index is 10.4. The zero-order chi connectivity index (χ0) is 18.1. The molecule has 1 unspecified atom stereocenters. The Hall–Kier alpha value is -3.82. The molecule has 1 aliphatic rings. The van der Waals surface area contributed by atoms with Crippen LogP contribution in [-0.4, -0.2) is 5.11 Å². The van der Waals surface area contributed by atoms with Crippen molar-refractivity contribution in [2.24, 2.45) is 0 Å². The molecule has 1 aliphatic carbocycles. The molecule has 0 aromatic heterocycles. The summed E-state index contributed by atoms with van der Waals surface area (Å²) in [5.41, 5.74) is 3.40. The molecule has 4 rings (SSSR count). The van der Waals surface area contributed by atoms with Crippen LogP contribution in [0.1, 0.15) is 27.8 Å². The number of nitriles is 2. The third kappa shape index (κ3) is 2.12. The number of phenolic OH excluding ortho intramolecular Hbond substituents is 1. The third-order valence-corrected chi connectivity index (χ3v) is 4.87. The Bertz CT molecular complexity index is 1110. The maximum atomic E-state index is 10.4. The zero-order valence-corrected chi connectivity index (χ0v) is 13.8. The molecular formula is C23H14N2O. The summed E-state index contributed by atoms with van der Waals surface area (Å²) in [6.45, 7) is 0. The molecule has 3 aromatic carbocycles. The highest BCUT2D eigenvalue weighted by molar-refractivity contribution is 5.94. The van der Waals surface area contributed by atoms with Gasteiger partial charge in [0, 0.05) is 0 Å². The predicted octanol–water partition coefficient (Wildman–Crippen LogP) is 4.63. The summed E-state index contributed by atoms with van der Waals surface area (Å²) in [7, 11) is 0. The SMILES string of the molecule is N#CC1=Cc2ccccc2C(C#N)(c2ccc(O)cc2)c2ccccc21. The van der Waals surface area contributed by atoms with E-state index in [1.807, 2.05) is 54.6 Å². The van der Waals surface area contributed by atoms with E-state index in [1.54, 1.807) is 24.3 Å². The average Bonchev–Trinajstić information content (AvgIpc) is 2.81. The molecule has 122 valence electrons. The van der Waals surface area contributed by atoms with Crippen molar-refractivity contribution >= 4 is 11.6 Å². The topological polar surface area (TPSA) is 67.8 Å². The molecule has 0 amide bonds. The highest BCUT2D eigenvalue weighted by Gasteiger charge is 2.41. The average molecular weight is 334 g/mol. The van der Waals surface area contributed by atoms with Crippen molar-refractivity contribution < 1.29 is 5.11 Å². The first kappa shape index (κ1) is 15.7. The van der Waals surface area contributed by atoms with Crippen LogP contribution in [0.3, 0.4) is 0 Å². The Morgan fingerprint density at radius 1 is 0.769 bits per heavy atom. The van der Waals surface area contributed by atoms with E-state index in [1.165, 1.54) is 0 Å². The zero-order valence-electron chi connectivity index (χ0n) is 13.8. The highest BCUT2D eigenvalue weighted by Crippen LogP contribution is 2.46. The van der Waals surface area contributed by atoms with E-state index in [0.717, 1.165) is 27.8 Å². The summed E-state index contributed by atoms with van der Waals surface area (Å²) in [4.78, 5) is 0. The van der Waals surface area contributed by atoms with Crippen molar-refractivity contribution in [3.63, 3.8) is 0 Å². The van der Waals surface area contributed by atoms with Gasteiger partial charge < -0.3 is 5.11 Å². The number of hydrogen-bond donors (Lipinski definition) is 1. The second-order valence-electron chi connectivity index (χ2n) is 6.21. The fraction of sp³-hybridized carbons (Fsp3) is 0.0435. The molecule has 0 spiro atoms. The van der Waals surface area contributed by atoms with Crippen LogP contribution < -0.4 is 0 Å². The van der Waals surface area contributed by atoms with Crippen molar-refractivity contribution in [3.05, 3.63) is 101 Å². The van der Waals surface area contributed by atoms with Gasteiger partial charge in [0.05, 0.1) is 17.7 Å².